The number of nitrogen functional groups attached to an aromatic ring is 1. The van der Waals surface area contributed by atoms with E-state index in [-0.39, 0.29) is 25.4 Å². The first-order valence-corrected chi connectivity index (χ1v) is 5.95. The van der Waals surface area contributed by atoms with Crippen LogP contribution in [0.4, 0.5) is 5.82 Å². The molecule has 0 bridgehead atoms. The van der Waals surface area contributed by atoms with Gasteiger partial charge in [0.2, 0.25) is 0 Å². The molecule has 5 N–H and O–H groups in total. The van der Waals surface area contributed by atoms with Crippen molar-refractivity contribution in [3.05, 3.63) is 12.7 Å². The maximum atomic E-state index is 10.3. The normalized spacial score (nSPS) is 14.7. The summed E-state index contributed by atoms with van der Waals surface area (Å²) in [7, 11) is 0. The lowest BCUT2D eigenvalue weighted by atomic mass is 9.99. The number of nitrogens with two attached hydrogens (primary N) is 1. The predicted molar refractivity (Wildman–Crippen MR) is 68.1 cm³/mol. The van der Waals surface area contributed by atoms with E-state index < -0.39 is 12.2 Å². The third-order valence-electron chi connectivity index (χ3n) is 2.99. The molecule has 19 heavy (non-hydrogen) atoms. The van der Waals surface area contributed by atoms with Gasteiger partial charge < -0.3 is 25.6 Å². The highest BCUT2D eigenvalue weighted by atomic mass is 16.3. The van der Waals surface area contributed by atoms with Crippen LogP contribution < -0.4 is 5.73 Å². The molecule has 1 atom stereocenters. The van der Waals surface area contributed by atoms with Gasteiger partial charge in [0.05, 0.1) is 19.5 Å². The van der Waals surface area contributed by atoms with E-state index >= 15 is 0 Å². The summed E-state index contributed by atoms with van der Waals surface area (Å²) in [5.41, 5.74) is 5.32. The molecule has 0 aliphatic heterocycles. The van der Waals surface area contributed by atoms with Gasteiger partial charge in [-0.2, -0.15) is 0 Å². The molecule has 8 heteroatoms. The second-order valence-corrected chi connectivity index (χ2v) is 4.51. The first-order chi connectivity index (χ1) is 9.09. The van der Waals surface area contributed by atoms with Crippen LogP contribution in [-0.2, 0) is 6.54 Å². The monoisotopic (exact) mass is 267 g/mol. The van der Waals surface area contributed by atoms with Crippen LogP contribution in [0.5, 0.6) is 0 Å². The van der Waals surface area contributed by atoms with Crippen LogP contribution in [0.1, 0.15) is 12.8 Å². The van der Waals surface area contributed by atoms with Crippen molar-refractivity contribution in [2.45, 2.75) is 25.0 Å². The molecule has 0 aliphatic rings. The van der Waals surface area contributed by atoms with Crippen LogP contribution in [-0.4, -0.2) is 53.7 Å². The number of aliphatic hydroxyl groups is 3. The van der Waals surface area contributed by atoms with Crippen molar-refractivity contribution in [2.75, 3.05) is 18.9 Å². The summed E-state index contributed by atoms with van der Waals surface area (Å²) in [5, 5.41) is 28.4. The minimum atomic E-state index is -1.32. The van der Waals surface area contributed by atoms with Gasteiger partial charge in [-0.25, -0.2) is 15.0 Å². The van der Waals surface area contributed by atoms with Gasteiger partial charge >= 0.3 is 0 Å². The number of hydrogen-bond donors (Lipinski definition) is 4. The molecule has 0 saturated heterocycles. The van der Waals surface area contributed by atoms with E-state index in [4.69, 9.17) is 10.8 Å². The first kappa shape index (κ1) is 13.7. The Hall–Kier alpha value is -1.77. The lowest BCUT2D eigenvalue weighted by Gasteiger charge is -2.26. The van der Waals surface area contributed by atoms with Crippen molar-refractivity contribution in [1.82, 2.24) is 19.5 Å². The molecule has 0 aliphatic carbocycles. The molecule has 2 heterocycles. The summed E-state index contributed by atoms with van der Waals surface area (Å²) in [6.07, 6.45) is 3.50. The van der Waals surface area contributed by atoms with Crippen molar-refractivity contribution >= 4 is 17.0 Å². The predicted octanol–water partition coefficient (Wildman–Crippen LogP) is -1.10. The zero-order valence-corrected chi connectivity index (χ0v) is 10.4. The standard InChI is InChI=1S/C11H17N5O3/c12-9-8-10(14-6-13-9)16(7-15-8)4-11(19,5-18)2-1-3-17/h6-7,17-19H,1-5H2,(H2,12,13,14). The van der Waals surface area contributed by atoms with Crippen molar-refractivity contribution in [2.24, 2.45) is 0 Å². The Balaban J connectivity index is 2.27. The van der Waals surface area contributed by atoms with Crippen molar-refractivity contribution in [1.29, 1.82) is 0 Å². The number of nitrogens with zero attached hydrogens (tertiary/aromatic N) is 4. The third kappa shape index (κ3) is 2.80. The van der Waals surface area contributed by atoms with Crippen molar-refractivity contribution in [3.63, 3.8) is 0 Å². The van der Waals surface area contributed by atoms with Crippen LogP contribution >= 0.6 is 0 Å². The van der Waals surface area contributed by atoms with E-state index in [1.165, 1.54) is 12.7 Å². The van der Waals surface area contributed by atoms with Gasteiger partial charge in [0.1, 0.15) is 17.4 Å². The third-order valence-corrected chi connectivity index (χ3v) is 2.99. The van der Waals surface area contributed by atoms with Gasteiger partial charge in [0.25, 0.3) is 0 Å². The summed E-state index contributed by atoms with van der Waals surface area (Å²) in [6.45, 7) is -0.328. The van der Waals surface area contributed by atoms with Crippen molar-refractivity contribution in [3.8, 4) is 0 Å². The largest absolute Gasteiger partial charge is 0.396 e. The Kier molecular flexibility index (Phi) is 3.93. The average molecular weight is 267 g/mol. The Bertz CT molecular complexity index is 558. The molecular weight excluding hydrogens is 250 g/mol. The Morgan fingerprint density at radius 2 is 2.05 bits per heavy atom. The molecule has 2 rings (SSSR count). The fraction of sp³-hybridized carbons (Fsp3) is 0.545. The molecule has 0 saturated carbocycles. The molecule has 0 fully saturated rings. The van der Waals surface area contributed by atoms with Gasteiger partial charge in [-0.15, -0.1) is 0 Å². The van der Waals surface area contributed by atoms with E-state index in [1.807, 2.05) is 0 Å². The van der Waals surface area contributed by atoms with Gasteiger partial charge in [-0.3, -0.25) is 0 Å². The summed E-state index contributed by atoms with van der Waals surface area (Å²) in [5.74, 6) is 0.270. The summed E-state index contributed by atoms with van der Waals surface area (Å²) >= 11 is 0. The van der Waals surface area contributed by atoms with E-state index in [0.717, 1.165) is 0 Å². The summed E-state index contributed by atoms with van der Waals surface area (Å²) in [6, 6.07) is 0. The lowest BCUT2D eigenvalue weighted by Crippen LogP contribution is -2.38. The molecular formula is C11H17N5O3. The maximum Gasteiger partial charge on any atom is 0.165 e. The number of aromatic nitrogens is 4. The smallest absolute Gasteiger partial charge is 0.165 e. The number of hydrogen-bond acceptors (Lipinski definition) is 7. The van der Waals surface area contributed by atoms with E-state index in [1.54, 1.807) is 4.57 Å². The second kappa shape index (κ2) is 5.47. The molecule has 2 aromatic heterocycles. The molecule has 0 amide bonds. The second-order valence-electron chi connectivity index (χ2n) is 4.51. The number of anilines is 1. The zero-order valence-electron chi connectivity index (χ0n) is 10.4. The van der Waals surface area contributed by atoms with E-state index in [2.05, 4.69) is 15.0 Å². The highest BCUT2D eigenvalue weighted by molar-refractivity contribution is 5.81. The number of aliphatic hydroxyl groups excluding tert-OH is 2. The number of rotatable bonds is 6. The summed E-state index contributed by atoms with van der Waals surface area (Å²) < 4.78 is 1.61. The average Bonchev–Trinajstić information content (AvgIpc) is 2.81. The zero-order chi connectivity index (χ0) is 13.9. The molecule has 0 radical (unpaired) electrons. The molecule has 0 aromatic carbocycles. The first-order valence-electron chi connectivity index (χ1n) is 5.95. The van der Waals surface area contributed by atoms with Crippen LogP contribution in [0.25, 0.3) is 11.2 Å². The minimum Gasteiger partial charge on any atom is -0.396 e. The molecule has 104 valence electrons. The van der Waals surface area contributed by atoms with Gasteiger partial charge in [-0.1, -0.05) is 0 Å². The Labute approximate surface area is 109 Å². The fourth-order valence-electron chi connectivity index (χ4n) is 1.95. The Morgan fingerprint density at radius 3 is 2.74 bits per heavy atom. The Morgan fingerprint density at radius 1 is 1.26 bits per heavy atom. The SMILES string of the molecule is Nc1ncnc2c1ncn2CC(O)(CO)CCCO. The quantitative estimate of drug-likeness (QED) is 0.522. The van der Waals surface area contributed by atoms with E-state index in [0.29, 0.717) is 17.6 Å². The lowest BCUT2D eigenvalue weighted by molar-refractivity contribution is -0.0377. The maximum absolute atomic E-state index is 10.3. The van der Waals surface area contributed by atoms with Crippen LogP contribution in [0.3, 0.4) is 0 Å². The molecule has 0 spiro atoms. The molecule has 8 nitrogen and oxygen atoms in total. The number of fused-ring (bicyclic) bond motifs is 1. The van der Waals surface area contributed by atoms with Gasteiger partial charge in [0.15, 0.2) is 11.5 Å². The fourth-order valence-corrected chi connectivity index (χ4v) is 1.95. The minimum absolute atomic E-state index is 0.0396. The van der Waals surface area contributed by atoms with Gasteiger partial charge in [-0.05, 0) is 12.8 Å². The van der Waals surface area contributed by atoms with E-state index in [9.17, 15) is 10.2 Å². The molecule has 1 unspecified atom stereocenters. The van der Waals surface area contributed by atoms with Crippen LogP contribution in [0, 0.1) is 0 Å². The van der Waals surface area contributed by atoms with Gasteiger partial charge in [0, 0.05) is 6.61 Å². The highest BCUT2D eigenvalue weighted by Crippen LogP contribution is 2.20. The molecule has 2 aromatic rings. The highest BCUT2D eigenvalue weighted by Gasteiger charge is 2.27. The van der Waals surface area contributed by atoms with Crippen molar-refractivity contribution < 1.29 is 15.3 Å². The summed E-state index contributed by atoms with van der Waals surface area (Å²) in [4.78, 5) is 12.0. The number of imidazole rings is 1. The van der Waals surface area contributed by atoms with Crippen LogP contribution in [0.2, 0.25) is 0 Å². The topological polar surface area (TPSA) is 130 Å². The van der Waals surface area contributed by atoms with Crippen LogP contribution in [0.15, 0.2) is 12.7 Å².